The minimum atomic E-state index is 0.788. The van der Waals surface area contributed by atoms with Gasteiger partial charge in [0.15, 0.2) is 0 Å². The Balaban J connectivity index is 2.52. The summed E-state index contributed by atoms with van der Waals surface area (Å²) in [4.78, 5) is 0. The van der Waals surface area contributed by atoms with Gasteiger partial charge in [-0.2, -0.15) is 5.10 Å². The zero-order valence-electron chi connectivity index (χ0n) is 7.44. The molecule has 2 aromatic rings. The standard InChI is InChI=1S/C10H11N3/c1-13-7-8(6-12-13)9-4-2-3-5-10(9)11/h2-7H,11H2,1H3. The molecule has 0 spiro atoms. The molecule has 3 heteroatoms. The summed E-state index contributed by atoms with van der Waals surface area (Å²) < 4.78 is 1.77. The van der Waals surface area contributed by atoms with E-state index in [0.717, 1.165) is 16.8 Å². The van der Waals surface area contributed by atoms with Gasteiger partial charge in [-0.25, -0.2) is 0 Å². The number of anilines is 1. The molecule has 0 fully saturated rings. The molecule has 3 nitrogen and oxygen atoms in total. The number of para-hydroxylation sites is 1. The third-order valence-electron chi connectivity index (χ3n) is 1.98. The topological polar surface area (TPSA) is 43.8 Å². The van der Waals surface area contributed by atoms with Gasteiger partial charge in [0.25, 0.3) is 0 Å². The fourth-order valence-electron chi connectivity index (χ4n) is 1.32. The highest BCUT2D eigenvalue weighted by molar-refractivity contribution is 5.75. The minimum Gasteiger partial charge on any atom is -0.398 e. The van der Waals surface area contributed by atoms with Crippen LogP contribution >= 0.6 is 0 Å². The number of nitrogens with zero attached hydrogens (tertiary/aromatic N) is 2. The maximum absolute atomic E-state index is 5.82. The number of rotatable bonds is 1. The molecule has 0 aliphatic rings. The van der Waals surface area contributed by atoms with Gasteiger partial charge in [-0.1, -0.05) is 18.2 Å². The van der Waals surface area contributed by atoms with Crippen LogP contribution in [0.2, 0.25) is 0 Å². The Kier molecular flexibility index (Phi) is 1.77. The first-order valence-corrected chi connectivity index (χ1v) is 4.11. The Hall–Kier alpha value is -1.77. The summed E-state index contributed by atoms with van der Waals surface area (Å²) in [5.41, 5.74) is 8.71. The molecule has 2 N–H and O–H groups in total. The van der Waals surface area contributed by atoms with E-state index in [-0.39, 0.29) is 0 Å². The van der Waals surface area contributed by atoms with Gasteiger partial charge in [0.1, 0.15) is 0 Å². The Labute approximate surface area is 76.8 Å². The Morgan fingerprint density at radius 3 is 2.69 bits per heavy atom. The van der Waals surface area contributed by atoms with Gasteiger partial charge in [0, 0.05) is 30.1 Å². The van der Waals surface area contributed by atoms with Crippen molar-refractivity contribution in [3.05, 3.63) is 36.7 Å². The Bertz CT molecular complexity index is 418. The normalized spacial score (nSPS) is 10.2. The Morgan fingerprint density at radius 1 is 1.31 bits per heavy atom. The van der Waals surface area contributed by atoms with Crippen molar-refractivity contribution >= 4 is 5.69 Å². The van der Waals surface area contributed by atoms with Crippen LogP contribution in [0.4, 0.5) is 5.69 Å². The monoisotopic (exact) mass is 173 g/mol. The number of benzene rings is 1. The van der Waals surface area contributed by atoms with Crippen molar-refractivity contribution in [3.63, 3.8) is 0 Å². The van der Waals surface area contributed by atoms with Gasteiger partial charge in [0.05, 0.1) is 6.20 Å². The zero-order valence-corrected chi connectivity index (χ0v) is 7.44. The van der Waals surface area contributed by atoms with Crippen LogP contribution in [0.15, 0.2) is 36.7 Å². The largest absolute Gasteiger partial charge is 0.398 e. The highest BCUT2D eigenvalue weighted by Crippen LogP contribution is 2.24. The molecule has 1 aromatic heterocycles. The first-order chi connectivity index (χ1) is 6.27. The molecule has 0 aliphatic heterocycles. The molecule has 0 saturated heterocycles. The van der Waals surface area contributed by atoms with Crippen LogP contribution in [0.1, 0.15) is 0 Å². The first kappa shape index (κ1) is 7.86. The number of nitrogens with two attached hydrogens (primary N) is 1. The van der Waals surface area contributed by atoms with E-state index in [1.165, 1.54) is 0 Å². The van der Waals surface area contributed by atoms with E-state index in [1.54, 1.807) is 4.68 Å². The van der Waals surface area contributed by atoms with Gasteiger partial charge >= 0.3 is 0 Å². The van der Waals surface area contributed by atoms with Crippen LogP contribution in [-0.4, -0.2) is 9.78 Å². The van der Waals surface area contributed by atoms with Crippen LogP contribution in [0.5, 0.6) is 0 Å². The summed E-state index contributed by atoms with van der Waals surface area (Å²) in [5.74, 6) is 0. The van der Waals surface area contributed by atoms with Gasteiger partial charge in [-0.05, 0) is 6.07 Å². The van der Waals surface area contributed by atoms with Crippen LogP contribution < -0.4 is 5.73 Å². The van der Waals surface area contributed by atoms with Crippen molar-refractivity contribution in [1.29, 1.82) is 0 Å². The van der Waals surface area contributed by atoms with E-state index in [2.05, 4.69) is 5.10 Å². The lowest BCUT2D eigenvalue weighted by atomic mass is 10.1. The van der Waals surface area contributed by atoms with E-state index < -0.39 is 0 Å². The van der Waals surface area contributed by atoms with Crippen molar-refractivity contribution in [2.24, 2.45) is 7.05 Å². The maximum atomic E-state index is 5.82. The molecule has 0 atom stereocenters. The number of nitrogen functional groups attached to an aromatic ring is 1. The predicted octanol–water partition coefficient (Wildman–Crippen LogP) is 1.67. The van der Waals surface area contributed by atoms with Crippen LogP contribution in [-0.2, 0) is 7.05 Å². The quantitative estimate of drug-likeness (QED) is 0.666. The van der Waals surface area contributed by atoms with E-state index in [4.69, 9.17) is 5.73 Å². The molecule has 0 aliphatic carbocycles. The predicted molar refractivity (Wildman–Crippen MR) is 53.1 cm³/mol. The summed E-state index contributed by atoms with van der Waals surface area (Å²) >= 11 is 0. The lowest BCUT2D eigenvalue weighted by molar-refractivity contribution is 0.768. The molecule has 2 rings (SSSR count). The summed E-state index contributed by atoms with van der Waals surface area (Å²) in [6.45, 7) is 0. The molecule has 1 heterocycles. The zero-order chi connectivity index (χ0) is 9.26. The van der Waals surface area contributed by atoms with Crippen LogP contribution in [0, 0.1) is 0 Å². The third-order valence-corrected chi connectivity index (χ3v) is 1.98. The molecule has 0 unspecified atom stereocenters. The molecule has 0 bridgehead atoms. The average Bonchev–Trinajstić information content (AvgIpc) is 2.53. The highest BCUT2D eigenvalue weighted by atomic mass is 15.2. The van der Waals surface area contributed by atoms with E-state index in [9.17, 15) is 0 Å². The average molecular weight is 173 g/mol. The summed E-state index contributed by atoms with van der Waals surface area (Å²) in [7, 11) is 1.89. The smallest absolute Gasteiger partial charge is 0.0568 e. The van der Waals surface area contributed by atoms with Crippen molar-refractivity contribution in [2.75, 3.05) is 5.73 Å². The SMILES string of the molecule is Cn1cc(-c2ccccc2N)cn1. The van der Waals surface area contributed by atoms with Crippen molar-refractivity contribution < 1.29 is 0 Å². The second kappa shape index (κ2) is 2.94. The molecule has 13 heavy (non-hydrogen) atoms. The van der Waals surface area contributed by atoms with E-state index in [1.807, 2.05) is 43.7 Å². The van der Waals surface area contributed by atoms with Gasteiger partial charge in [0.2, 0.25) is 0 Å². The van der Waals surface area contributed by atoms with E-state index in [0.29, 0.717) is 0 Å². The fraction of sp³-hybridized carbons (Fsp3) is 0.100. The highest BCUT2D eigenvalue weighted by Gasteiger charge is 2.02. The van der Waals surface area contributed by atoms with E-state index >= 15 is 0 Å². The minimum absolute atomic E-state index is 0.788. The lowest BCUT2D eigenvalue weighted by Crippen LogP contribution is -1.88. The van der Waals surface area contributed by atoms with Crippen LogP contribution in [0.3, 0.4) is 0 Å². The van der Waals surface area contributed by atoms with Crippen molar-refractivity contribution in [3.8, 4) is 11.1 Å². The summed E-state index contributed by atoms with van der Waals surface area (Å²) in [6, 6.07) is 7.78. The van der Waals surface area contributed by atoms with Gasteiger partial charge < -0.3 is 5.73 Å². The second-order valence-electron chi connectivity index (χ2n) is 2.99. The second-order valence-corrected chi connectivity index (χ2v) is 2.99. The molecule has 66 valence electrons. The molecular formula is C10H11N3. The molecular weight excluding hydrogens is 162 g/mol. The van der Waals surface area contributed by atoms with Gasteiger partial charge in [-0.3, -0.25) is 4.68 Å². The fourth-order valence-corrected chi connectivity index (χ4v) is 1.32. The molecule has 1 aromatic carbocycles. The third kappa shape index (κ3) is 1.40. The molecule has 0 radical (unpaired) electrons. The van der Waals surface area contributed by atoms with Crippen LogP contribution in [0.25, 0.3) is 11.1 Å². The number of aromatic nitrogens is 2. The summed E-state index contributed by atoms with van der Waals surface area (Å²) in [5, 5.41) is 4.10. The van der Waals surface area contributed by atoms with Gasteiger partial charge in [-0.15, -0.1) is 0 Å². The van der Waals surface area contributed by atoms with Crippen molar-refractivity contribution in [2.45, 2.75) is 0 Å². The molecule has 0 amide bonds. The Morgan fingerprint density at radius 2 is 2.08 bits per heavy atom. The first-order valence-electron chi connectivity index (χ1n) is 4.11. The molecule has 0 saturated carbocycles. The number of hydrogen-bond acceptors (Lipinski definition) is 2. The lowest BCUT2D eigenvalue weighted by Gasteiger charge is -2.00. The number of aryl methyl sites for hydroxylation is 1. The van der Waals surface area contributed by atoms with Crippen molar-refractivity contribution in [1.82, 2.24) is 9.78 Å². The maximum Gasteiger partial charge on any atom is 0.0568 e. The number of hydrogen-bond donors (Lipinski definition) is 1. The summed E-state index contributed by atoms with van der Waals surface area (Å²) in [6.07, 6.45) is 3.76.